The van der Waals surface area contributed by atoms with Gasteiger partial charge in [0, 0.05) is 28.3 Å². The van der Waals surface area contributed by atoms with E-state index in [-0.39, 0.29) is 17.3 Å². The van der Waals surface area contributed by atoms with Gasteiger partial charge in [0.05, 0.1) is 11.3 Å². The van der Waals surface area contributed by atoms with Gasteiger partial charge in [-0.2, -0.15) is 0 Å². The number of nitrogens with one attached hydrogen (secondary N) is 2. The number of carboxylic acids is 1. The first-order valence-corrected chi connectivity index (χ1v) is 7.90. The predicted molar refractivity (Wildman–Crippen MR) is 76.4 cm³/mol. The first kappa shape index (κ1) is 15.4. The van der Waals surface area contributed by atoms with E-state index in [0.29, 0.717) is 24.3 Å². The molecule has 3 N–H and O–H groups in total. The molecule has 1 aromatic carbocycles. The second-order valence-electron chi connectivity index (χ2n) is 4.72. The number of hydrogen-bond donors (Lipinski definition) is 3. The Balaban J connectivity index is 1.93. The lowest BCUT2D eigenvalue weighted by atomic mass is 10.1. The highest BCUT2D eigenvalue weighted by atomic mass is 32.2. The molecule has 0 unspecified atom stereocenters. The maximum atomic E-state index is 13.7. The summed E-state index contributed by atoms with van der Waals surface area (Å²) < 4.78 is 24.9. The Morgan fingerprint density at radius 1 is 1.29 bits per heavy atom. The number of benzene rings is 1. The van der Waals surface area contributed by atoms with E-state index in [9.17, 15) is 18.2 Å². The largest absolute Gasteiger partial charge is 0.478 e. The molecule has 114 valence electrons. The minimum absolute atomic E-state index is 0.0796. The molecular weight excluding hydrogens is 299 g/mol. The Morgan fingerprint density at radius 2 is 1.95 bits per heavy atom. The third-order valence-corrected chi connectivity index (χ3v) is 4.57. The third kappa shape index (κ3) is 4.25. The molecule has 0 aliphatic carbocycles. The van der Waals surface area contributed by atoms with Crippen LogP contribution in [0.25, 0.3) is 0 Å². The number of carbonyl (C=O) groups is 2. The van der Waals surface area contributed by atoms with Crippen LogP contribution >= 0.6 is 0 Å². The highest BCUT2D eigenvalue weighted by Gasteiger charge is 2.20. The zero-order valence-corrected chi connectivity index (χ0v) is 11.9. The number of carboxylic acid groups (broad SMARTS) is 1. The fourth-order valence-corrected chi connectivity index (χ4v) is 3.33. The van der Waals surface area contributed by atoms with Crippen molar-refractivity contribution in [1.29, 1.82) is 0 Å². The number of anilines is 1. The van der Waals surface area contributed by atoms with E-state index in [1.807, 2.05) is 0 Å². The Labute approximate surface area is 123 Å². The van der Waals surface area contributed by atoms with Crippen molar-refractivity contribution in [3.8, 4) is 0 Å². The van der Waals surface area contributed by atoms with E-state index in [1.54, 1.807) is 0 Å². The fourth-order valence-electron chi connectivity index (χ4n) is 2.03. The van der Waals surface area contributed by atoms with Crippen LogP contribution in [-0.4, -0.2) is 38.9 Å². The van der Waals surface area contributed by atoms with Gasteiger partial charge in [0.25, 0.3) is 0 Å². The zero-order chi connectivity index (χ0) is 15.4. The van der Waals surface area contributed by atoms with E-state index < -0.39 is 28.6 Å². The average molecular weight is 314 g/mol. The molecule has 1 saturated heterocycles. The van der Waals surface area contributed by atoms with Gasteiger partial charge >= 0.3 is 12.0 Å². The summed E-state index contributed by atoms with van der Waals surface area (Å²) in [6, 6.07) is 2.62. The Hall–Kier alpha value is -1.96. The molecule has 0 radical (unpaired) electrons. The monoisotopic (exact) mass is 314 g/mol. The number of rotatable bonds is 3. The normalized spacial score (nSPS) is 21.6. The van der Waals surface area contributed by atoms with Crippen LogP contribution in [0.5, 0.6) is 0 Å². The Morgan fingerprint density at radius 3 is 2.52 bits per heavy atom. The van der Waals surface area contributed by atoms with Crippen LogP contribution in [0.2, 0.25) is 0 Å². The third-order valence-electron chi connectivity index (χ3n) is 3.19. The fraction of sp³-hybridized carbons (Fsp3) is 0.385. The maximum Gasteiger partial charge on any atom is 0.335 e. The summed E-state index contributed by atoms with van der Waals surface area (Å²) in [6.07, 6.45) is 1.25. The van der Waals surface area contributed by atoms with E-state index in [1.165, 1.54) is 12.1 Å². The topological polar surface area (TPSA) is 95.5 Å². The van der Waals surface area contributed by atoms with Gasteiger partial charge < -0.3 is 15.7 Å². The van der Waals surface area contributed by atoms with Gasteiger partial charge in [-0.1, -0.05) is 0 Å². The predicted octanol–water partition coefficient (Wildman–Crippen LogP) is 1.56. The van der Waals surface area contributed by atoms with Crippen molar-refractivity contribution in [2.24, 2.45) is 0 Å². The molecule has 1 aromatic rings. The molecule has 0 aromatic heterocycles. The summed E-state index contributed by atoms with van der Waals surface area (Å²) >= 11 is 0. The van der Waals surface area contributed by atoms with E-state index >= 15 is 0 Å². The number of urea groups is 1. The quantitative estimate of drug-likeness (QED) is 0.789. The van der Waals surface area contributed by atoms with Gasteiger partial charge in [-0.05, 0) is 31.0 Å². The Kier molecular flexibility index (Phi) is 4.89. The number of hydrogen-bond acceptors (Lipinski definition) is 3. The highest BCUT2D eigenvalue weighted by Crippen LogP contribution is 2.16. The number of amides is 2. The van der Waals surface area contributed by atoms with Gasteiger partial charge in [0.15, 0.2) is 0 Å². The molecule has 0 saturated carbocycles. The average Bonchev–Trinajstić information content (AvgIpc) is 2.43. The summed E-state index contributed by atoms with van der Waals surface area (Å²) in [5.74, 6) is -0.950. The SMILES string of the molecule is O=C(Nc1ccc(C(=O)O)cc1F)NC1CCS(=O)CC1. The summed E-state index contributed by atoms with van der Waals surface area (Å²) in [4.78, 5) is 22.4. The lowest BCUT2D eigenvalue weighted by Crippen LogP contribution is -2.41. The molecule has 21 heavy (non-hydrogen) atoms. The van der Waals surface area contributed by atoms with Crippen LogP contribution in [0.1, 0.15) is 23.2 Å². The molecule has 2 rings (SSSR count). The van der Waals surface area contributed by atoms with Crippen molar-refractivity contribution in [1.82, 2.24) is 5.32 Å². The van der Waals surface area contributed by atoms with Crippen molar-refractivity contribution < 1.29 is 23.3 Å². The molecule has 1 heterocycles. The van der Waals surface area contributed by atoms with Crippen molar-refractivity contribution in [3.05, 3.63) is 29.6 Å². The van der Waals surface area contributed by atoms with Crippen LogP contribution < -0.4 is 10.6 Å². The van der Waals surface area contributed by atoms with Crippen molar-refractivity contribution in [3.63, 3.8) is 0 Å². The second kappa shape index (κ2) is 6.66. The van der Waals surface area contributed by atoms with Gasteiger partial charge in [-0.25, -0.2) is 14.0 Å². The Bertz CT molecular complexity index is 584. The molecule has 8 heteroatoms. The van der Waals surface area contributed by atoms with Crippen LogP contribution in [0.4, 0.5) is 14.9 Å². The molecule has 0 bridgehead atoms. The minimum Gasteiger partial charge on any atom is -0.478 e. The number of carbonyl (C=O) groups excluding carboxylic acids is 1. The van der Waals surface area contributed by atoms with Crippen LogP contribution in [-0.2, 0) is 10.8 Å². The van der Waals surface area contributed by atoms with E-state index in [2.05, 4.69) is 10.6 Å². The molecule has 1 aliphatic heterocycles. The minimum atomic E-state index is -1.24. The van der Waals surface area contributed by atoms with Gasteiger partial charge in [-0.3, -0.25) is 4.21 Å². The number of aromatic carboxylic acids is 1. The first-order valence-electron chi connectivity index (χ1n) is 6.41. The molecule has 0 atom stereocenters. The molecule has 0 spiro atoms. The molecular formula is C13H15FN2O4S. The van der Waals surface area contributed by atoms with E-state index in [4.69, 9.17) is 5.11 Å². The zero-order valence-electron chi connectivity index (χ0n) is 11.1. The van der Waals surface area contributed by atoms with Crippen LogP contribution in [0.15, 0.2) is 18.2 Å². The van der Waals surface area contributed by atoms with E-state index in [0.717, 1.165) is 6.07 Å². The molecule has 1 fully saturated rings. The van der Waals surface area contributed by atoms with Crippen LogP contribution in [0.3, 0.4) is 0 Å². The van der Waals surface area contributed by atoms with Crippen molar-refractivity contribution >= 4 is 28.5 Å². The standard InChI is InChI=1S/C13H15FN2O4S/c14-10-7-8(12(17)18)1-2-11(10)16-13(19)15-9-3-5-21(20)6-4-9/h1-2,7,9H,3-6H2,(H,17,18)(H2,15,16,19). The van der Waals surface area contributed by atoms with Crippen molar-refractivity contribution in [2.75, 3.05) is 16.8 Å². The number of halogens is 1. The van der Waals surface area contributed by atoms with Gasteiger partial charge in [0.2, 0.25) is 0 Å². The first-order chi connectivity index (χ1) is 9.95. The summed E-state index contributed by atoms with van der Waals surface area (Å²) in [7, 11) is -0.812. The lowest BCUT2D eigenvalue weighted by Gasteiger charge is -2.22. The maximum absolute atomic E-state index is 13.7. The van der Waals surface area contributed by atoms with Crippen molar-refractivity contribution in [2.45, 2.75) is 18.9 Å². The summed E-state index contributed by atoms with van der Waals surface area (Å²) in [5.41, 5.74) is -0.273. The molecule has 6 nitrogen and oxygen atoms in total. The highest BCUT2D eigenvalue weighted by molar-refractivity contribution is 7.85. The van der Waals surface area contributed by atoms with Crippen LogP contribution in [0, 0.1) is 5.82 Å². The van der Waals surface area contributed by atoms with Gasteiger partial charge in [-0.15, -0.1) is 0 Å². The molecule has 2 amide bonds. The molecule has 1 aliphatic rings. The summed E-state index contributed by atoms with van der Waals surface area (Å²) in [5, 5.41) is 13.8. The van der Waals surface area contributed by atoms with Gasteiger partial charge in [0.1, 0.15) is 5.82 Å². The lowest BCUT2D eigenvalue weighted by molar-refractivity contribution is 0.0696. The smallest absolute Gasteiger partial charge is 0.335 e. The summed E-state index contributed by atoms with van der Waals surface area (Å²) in [6.45, 7) is 0. The second-order valence-corrected chi connectivity index (χ2v) is 6.42.